The molecule has 4 heterocycles. The number of nitrogens with zero attached hydrogens (tertiary/aromatic N) is 5. The first kappa shape index (κ1) is 23.6. The van der Waals surface area contributed by atoms with Gasteiger partial charge >= 0.3 is 6.09 Å². The van der Waals surface area contributed by atoms with Gasteiger partial charge < -0.3 is 35.3 Å². The summed E-state index contributed by atoms with van der Waals surface area (Å²) in [5, 5.41) is 0. The molecule has 2 aliphatic heterocycles. The molecule has 0 radical (unpaired) electrons. The Hall–Kier alpha value is -2.54. The zero-order chi connectivity index (χ0) is 24.0. The van der Waals surface area contributed by atoms with Crippen LogP contribution < -0.4 is 11.5 Å². The number of carbonyl (C=O) groups excluding carboxylic acids is 1. The van der Waals surface area contributed by atoms with Gasteiger partial charge in [-0.1, -0.05) is 0 Å². The first-order valence-corrected chi connectivity index (χ1v) is 11.1. The fraction of sp³-hybridized carbons (Fsp3) is 0.714. The molecule has 2 saturated heterocycles. The van der Waals surface area contributed by atoms with Gasteiger partial charge in [0.1, 0.15) is 35.8 Å². The maximum Gasteiger partial charge on any atom is 0.410 e. The molecule has 4 N–H and O–H groups in total. The van der Waals surface area contributed by atoms with Gasteiger partial charge in [0.15, 0.2) is 23.5 Å². The van der Waals surface area contributed by atoms with Crippen LogP contribution >= 0.6 is 0 Å². The molecule has 0 aliphatic carbocycles. The van der Waals surface area contributed by atoms with Crippen LogP contribution in [0.5, 0.6) is 0 Å². The van der Waals surface area contributed by atoms with Crippen molar-refractivity contribution in [1.82, 2.24) is 24.4 Å². The highest BCUT2D eigenvalue weighted by Gasteiger charge is 2.56. The largest absolute Gasteiger partial charge is 0.444 e. The number of imidazole rings is 1. The lowest BCUT2D eigenvalue weighted by Crippen LogP contribution is -2.45. The molecule has 2 aromatic heterocycles. The van der Waals surface area contributed by atoms with Crippen molar-refractivity contribution >= 4 is 23.1 Å². The average molecular weight is 464 g/mol. The van der Waals surface area contributed by atoms with E-state index in [2.05, 4.69) is 15.0 Å². The Morgan fingerprint density at radius 3 is 2.67 bits per heavy atom. The van der Waals surface area contributed by atoms with E-state index in [-0.39, 0.29) is 12.4 Å². The number of ether oxygens (including phenoxy) is 4. The van der Waals surface area contributed by atoms with Gasteiger partial charge in [-0.3, -0.25) is 4.57 Å². The van der Waals surface area contributed by atoms with Crippen LogP contribution in [-0.4, -0.2) is 79.8 Å². The molecule has 0 saturated carbocycles. The van der Waals surface area contributed by atoms with E-state index < -0.39 is 42.0 Å². The van der Waals surface area contributed by atoms with Gasteiger partial charge in [-0.25, -0.2) is 19.7 Å². The van der Waals surface area contributed by atoms with Crippen molar-refractivity contribution in [3.63, 3.8) is 0 Å². The molecule has 2 aliphatic rings. The summed E-state index contributed by atoms with van der Waals surface area (Å²) in [5.74, 6) is -0.528. The third-order valence-electron chi connectivity index (χ3n) is 5.47. The minimum atomic E-state index is -0.811. The van der Waals surface area contributed by atoms with Gasteiger partial charge in [0.2, 0.25) is 0 Å². The van der Waals surface area contributed by atoms with Gasteiger partial charge in [-0.15, -0.1) is 0 Å². The van der Waals surface area contributed by atoms with Crippen molar-refractivity contribution in [2.45, 2.75) is 77.0 Å². The minimum absolute atomic E-state index is 0.260. The summed E-state index contributed by atoms with van der Waals surface area (Å²) in [6, 6.07) is 0. The number of nitrogen functional groups attached to an aromatic ring is 1. The molecule has 4 rings (SSSR count). The summed E-state index contributed by atoms with van der Waals surface area (Å²) < 4.78 is 26.2. The second-order valence-corrected chi connectivity index (χ2v) is 9.78. The van der Waals surface area contributed by atoms with E-state index in [9.17, 15) is 4.79 Å². The van der Waals surface area contributed by atoms with E-state index >= 15 is 0 Å². The fourth-order valence-electron chi connectivity index (χ4n) is 4.17. The number of hydrogen-bond acceptors (Lipinski definition) is 10. The number of nitrogens with two attached hydrogens (primary N) is 2. The van der Waals surface area contributed by atoms with Crippen molar-refractivity contribution in [1.29, 1.82) is 0 Å². The number of amides is 1. The zero-order valence-electron chi connectivity index (χ0n) is 19.7. The van der Waals surface area contributed by atoms with Crippen LogP contribution in [0.25, 0.3) is 11.2 Å². The lowest BCUT2D eigenvalue weighted by Gasteiger charge is -2.31. The topological polar surface area (TPSA) is 153 Å². The van der Waals surface area contributed by atoms with Crippen LogP contribution in [0.3, 0.4) is 0 Å². The SMILES string of the molecule is CC(C)(C)OC(=O)N(CCCN)C[C@H]1OC(n2cnc3c(N)ncnc32)[C@@H]2OC(C)(C)O[C@H]12. The number of rotatable bonds is 6. The molecular weight excluding hydrogens is 430 g/mol. The number of hydrogen-bond donors (Lipinski definition) is 2. The average Bonchev–Trinajstić information content (AvgIpc) is 3.35. The number of anilines is 1. The van der Waals surface area contributed by atoms with Gasteiger partial charge in [0.05, 0.1) is 12.9 Å². The number of aromatic nitrogens is 4. The molecule has 182 valence electrons. The van der Waals surface area contributed by atoms with Crippen molar-refractivity contribution in [2.75, 3.05) is 25.4 Å². The summed E-state index contributed by atoms with van der Waals surface area (Å²) in [4.78, 5) is 27.2. The lowest BCUT2D eigenvalue weighted by molar-refractivity contribution is -0.197. The molecule has 2 aromatic rings. The van der Waals surface area contributed by atoms with E-state index in [1.807, 2.05) is 34.6 Å². The summed E-state index contributed by atoms with van der Waals surface area (Å²) >= 11 is 0. The van der Waals surface area contributed by atoms with Crippen LogP contribution in [0.15, 0.2) is 12.7 Å². The molecular formula is C21H33N7O5. The minimum Gasteiger partial charge on any atom is -0.444 e. The number of fused-ring (bicyclic) bond motifs is 2. The molecule has 33 heavy (non-hydrogen) atoms. The predicted octanol–water partition coefficient (Wildman–Crippen LogP) is 1.41. The standard InChI is InChI=1S/C21H33N7O5/c1-20(2,3)33-19(29)27(8-6-7-22)9-12-14-15(32-21(4,5)31-14)18(30-12)28-11-26-13-16(23)24-10-25-17(13)28/h10-12,14-15,18H,6-9,22H2,1-5H3,(H2,23,24,25)/t12-,14-,15-,18?/m1/s1. The molecule has 12 nitrogen and oxygen atoms in total. The van der Waals surface area contributed by atoms with Crippen molar-refractivity contribution in [3.05, 3.63) is 12.7 Å². The van der Waals surface area contributed by atoms with Crippen LogP contribution in [0, 0.1) is 0 Å². The molecule has 0 bridgehead atoms. The monoisotopic (exact) mass is 463 g/mol. The second-order valence-electron chi connectivity index (χ2n) is 9.78. The third-order valence-corrected chi connectivity index (χ3v) is 5.47. The highest BCUT2D eigenvalue weighted by Crippen LogP contribution is 2.44. The first-order chi connectivity index (χ1) is 15.5. The summed E-state index contributed by atoms with van der Waals surface area (Å²) in [6.07, 6.45) is 1.31. The molecule has 0 aromatic carbocycles. The highest BCUT2D eigenvalue weighted by molar-refractivity contribution is 5.81. The Kier molecular flexibility index (Phi) is 6.20. The van der Waals surface area contributed by atoms with Gasteiger partial charge in [-0.2, -0.15) is 0 Å². The molecule has 2 fully saturated rings. The Balaban J connectivity index is 1.61. The molecule has 1 unspecified atom stereocenters. The third kappa shape index (κ3) is 4.88. The van der Waals surface area contributed by atoms with Crippen molar-refractivity contribution < 1.29 is 23.7 Å². The van der Waals surface area contributed by atoms with Crippen molar-refractivity contribution in [3.8, 4) is 0 Å². The van der Waals surface area contributed by atoms with E-state index in [0.29, 0.717) is 30.7 Å². The predicted molar refractivity (Wildman–Crippen MR) is 119 cm³/mol. The zero-order valence-corrected chi connectivity index (χ0v) is 19.7. The molecule has 4 atom stereocenters. The first-order valence-electron chi connectivity index (χ1n) is 11.1. The quantitative estimate of drug-likeness (QED) is 0.643. The van der Waals surface area contributed by atoms with E-state index in [0.717, 1.165) is 0 Å². The van der Waals surface area contributed by atoms with Crippen LogP contribution in [-0.2, 0) is 18.9 Å². The summed E-state index contributed by atoms with van der Waals surface area (Å²) in [6.45, 7) is 10.4. The Morgan fingerprint density at radius 1 is 1.24 bits per heavy atom. The summed E-state index contributed by atoms with van der Waals surface area (Å²) in [5.41, 5.74) is 12.0. The highest BCUT2D eigenvalue weighted by atomic mass is 16.8. The Labute approximate surface area is 192 Å². The second kappa shape index (κ2) is 8.67. The Bertz CT molecular complexity index is 1000. The fourth-order valence-corrected chi connectivity index (χ4v) is 4.17. The molecule has 1 amide bonds. The van der Waals surface area contributed by atoms with Crippen molar-refractivity contribution in [2.24, 2.45) is 5.73 Å². The maximum absolute atomic E-state index is 12.9. The van der Waals surface area contributed by atoms with E-state index in [1.54, 1.807) is 15.8 Å². The lowest BCUT2D eigenvalue weighted by atomic mass is 10.1. The van der Waals surface area contributed by atoms with Gasteiger partial charge in [0.25, 0.3) is 0 Å². The van der Waals surface area contributed by atoms with E-state index in [4.69, 9.17) is 30.4 Å². The smallest absolute Gasteiger partial charge is 0.410 e. The van der Waals surface area contributed by atoms with Crippen LogP contribution in [0.4, 0.5) is 10.6 Å². The normalized spacial score (nSPS) is 26.5. The van der Waals surface area contributed by atoms with Gasteiger partial charge in [0, 0.05) is 6.54 Å². The maximum atomic E-state index is 12.9. The van der Waals surface area contributed by atoms with Gasteiger partial charge in [-0.05, 0) is 47.6 Å². The summed E-state index contributed by atoms with van der Waals surface area (Å²) in [7, 11) is 0. The number of carbonyl (C=O) groups is 1. The van der Waals surface area contributed by atoms with E-state index in [1.165, 1.54) is 6.33 Å². The van der Waals surface area contributed by atoms with Crippen LogP contribution in [0.2, 0.25) is 0 Å². The molecule has 12 heteroatoms. The molecule has 0 spiro atoms. The van der Waals surface area contributed by atoms with Crippen LogP contribution in [0.1, 0.15) is 47.3 Å². The Morgan fingerprint density at radius 2 is 1.97 bits per heavy atom.